The van der Waals surface area contributed by atoms with Crippen molar-refractivity contribution < 1.29 is 18.7 Å². The number of para-hydroxylation sites is 2. The number of amides is 2. The van der Waals surface area contributed by atoms with Crippen LogP contribution in [0, 0.1) is 11.7 Å². The number of fused-ring (bicyclic) bond motifs is 1. The van der Waals surface area contributed by atoms with Crippen molar-refractivity contribution in [1.82, 2.24) is 0 Å². The van der Waals surface area contributed by atoms with E-state index in [1.807, 2.05) is 30.1 Å². The number of likely N-dealkylation sites (N-methyl/N-ethyl adjacent to an activating group) is 1. The zero-order valence-corrected chi connectivity index (χ0v) is 15.9. The van der Waals surface area contributed by atoms with E-state index < -0.39 is 5.92 Å². The van der Waals surface area contributed by atoms with Crippen molar-refractivity contribution in [2.24, 2.45) is 5.92 Å². The van der Waals surface area contributed by atoms with E-state index in [-0.39, 0.29) is 30.6 Å². The average Bonchev–Trinajstić information content (AvgIpc) is 3.09. The molecule has 1 fully saturated rings. The van der Waals surface area contributed by atoms with Gasteiger partial charge in [0, 0.05) is 33.1 Å². The first-order chi connectivity index (χ1) is 13.5. The van der Waals surface area contributed by atoms with Crippen molar-refractivity contribution in [1.29, 1.82) is 0 Å². The third-order valence-electron chi connectivity index (χ3n) is 5.41. The number of carbonyl (C=O) groups is 2. The van der Waals surface area contributed by atoms with E-state index in [1.54, 1.807) is 29.0 Å². The summed E-state index contributed by atoms with van der Waals surface area (Å²) in [5, 5.41) is 0. The van der Waals surface area contributed by atoms with E-state index >= 15 is 0 Å². The van der Waals surface area contributed by atoms with Gasteiger partial charge in [0.25, 0.3) is 0 Å². The average molecular weight is 383 g/mol. The minimum Gasteiger partial charge on any atom is -0.495 e. The molecule has 1 unspecified atom stereocenters. The topological polar surface area (TPSA) is 53.1 Å². The highest BCUT2D eigenvalue weighted by Gasteiger charge is 2.39. The first-order valence-corrected chi connectivity index (χ1v) is 9.25. The summed E-state index contributed by atoms with van der Waals surface area (Å²) >= 11 is 0. The Kier molecular flexibility index (Phi) is 4.66. The molecule has 4 rings (SSSR count). The minimum atomic E-state index is -0.475. The molecule has 0 saturated carbocycles. The number of anilines is 3. The number of carbonyl (C=O) groups excluding carboxylic acids is 2. The second-order valence-corrected chi connectivity index (χ2v) is 7.12. The minimum absolute atomic E-state index is 0.114. The number of ether oxygens (including phenoxy) is 1. The van der Waals surface area contributed by atoms with Gasteiger partial charge in [0.15, 0.2) is 0 Å². The number of nitrogens with zero attached hydrogens (tertiary/aromatic N) is 3. The van der Waals surface area contributed by atoms with Gasteiger partial charge in [0.1, 0.15) is 11.6 Å². The molecule has 0 aliphatic carbocycles. The van der Waals surface area contributed by atoms with E-state index in [1.165, 1.54) is 12.1 Å². The molecule has 6 nitrogen and oxygen atoms in total. The van der Waals surface area contributed by atoms with Gasteiger partial charge in [0.05, 0.1) is 30.1 Å². The second-order valence-electron chi connectivity index (χ2n) is 7.12. The van der Waals surface area contributed by atoms with E-state index in [0.717, 1.165) is 5.69 Å². The van der Waals surface area contributed by atoms with Gasteiger partial charge in [-0.05, 0) is 30.3 Å². The van der Waals surface area contributed by atoms with E-state index in [9.17, 15) is 14.0 Å². The molecule has 0 radical (unpaired) electrons. The molecule has 28 heavy (non-hydrogen) atoms. The maximum Gasteiger partial charge on any atom is 0.232 e. The third kappa shape index (κ3) is 3.06. The van der Waals surface area contributed by atoms with E-state index in [4.69, 9.17) is 4.74 Å². The van der Waals surface area contributed by atoms with Crippen molar-refractivity contribution in [2.45, 2.75) is 6.42 Å². The van der Waals surface area contributed by atoms with Gasteiger partial charge in [-0.3, -0.25) is 9.59 Å². The molecule has 2 aliphatic heterocycles. The van der Waals surface area contributed by atoms with Gasteiger partial charge in [-0.25, -0.2) is 4.39 Å². The molecular weight excluding hydrogens is 361 g/mol. The fraction of sp³-hybridized carbons (Fsp3) is 0.333. The summed E-state index contributed by atoms with van der Waals surface area (Å²) in [6.45, 7) is 1.40. The summed E-state index contributed by atoms with van der Waals surface area (Å²) in [4.78, 5) is 31.1. The Bertz CT molecular complexity index is 933. The Morgan fingerprint density at radius 1 is 1.11 bits per heavy atom. The molecule has 0 aromatic heterocycles. The van der Waals surface area contributed by atoms with E-state index in [2.05, 4.69) is 0 Å². The Balaban J connectivity index is 1.60. The van der Waals surface area contributed by atoms with Crippen LogP contribution in [-0.2, 0) is 9.59 Å². The van der Waals surface area contributed by atoms with Crippen LogP contribution in [0.1, 0.15) is 6.42 Å². The zero-order chi connectivity index (χ0) is 19.8. The van der Waals surface area contributed by atoms with Gasteiger partial charge in [-0.2, -0.15) is 0 Å². The summed E-state index contributed by atoms with van der Waals surface area (Å²) < 4.78 is 19.2. The highest BCUT2D eigenvalue weighted by Crippen LogP contribution is 2.37. The maximum atomic E-state index is 13.8. The van der Waals surface area contributed by atoms with Crippen LogP contribution in [0.2, 0.25) is 0 Å². The maximum absolute atomic E-state index is 13.8. The van der Waals surface area contributed by atoms with Crippen molar-refractivity contribution in [3.05, 3.63) is 48.3 Å². The van der Waals surface area contributed by atoms with Crippen molar-refractivity contribution in [3.63, 3.8) is 0 Å². The number of hydrogen-bond acceptors (Lipinski definition) is 4. The molecule has 0 spiro atoms. The quantitative estimate of drug-likeness (QED) is 0.818. The van der Waals surface area contributed by atoms with Crippen LogP contribution in [0.5, 0.6) is 5.75 Å². The number of methoxy groups -OCH3 is 1. The number of halogens is 1. The van der Waals surface area contributed by atoms with E-state index in [0.29, 0.717) is 30.2 Å². The zero-order valence-electron chi connectivity index (χ0n) is 15.9. The molecule has 146 valence electrons. The second kappa shape index (κ2) is 7.14. The SMILES string of the molecule is COc1ccccc1N1CC(C(=O)N2CCN(C)c3ccc(F)cc32)CC1=O. The fourth-order valence-electron chi connectivity index (χ4n) is 3.93. The Morgan fingerprint density at radius 3 is 2.68 bits per heavy atom. The van der Waals surface area contributed by atoms with Crippen LogP contribution in [-0.4, -0.2) is 45.6 Å². The summed E-state index contributed by atoms with van der Waals surface area (Å²) in [7, 11) is 3.47. The van der Waals surface area contributed by atoms with Crippen LogP contribution in [0.3, 0.4) is 0 Å². The van der Waals surface area contributed by atoms with Crippen molar-refractivity contribution >= 4 is 28.9 Å². The van der Waals surface area contributed by atoms with Crippen LogP contribution in [0.15, 0.2) is 42.5 Å². The van der Waals surface area contributed by atoms with Gasteiger partial charge in [-0.1, -0.05) is 12.1 Å². The van der Waals surface area contributed by atoms with Crippen LogP contribution in [0.4, 0.5) is 21.5 Å². The highest BCUT2D eigenvalue weighted by atomic mass is 19.1. The summed E-state index contributed by atoms with van der Waals surface area (Å²) in [6, 6.07) is 11.7. The molecule has 2 heterocycles. The lowest BCUT2D eigenvalue weighted by atomic mass is 10.0. The molecule has 2 aromatic carbocycles. The van der Waals surface area contributed by atoms with Gasteiger partial charge in [0.2, 0.25) is 11.8 Å². The number of rotatable bonds is 3. The Labute approximate surface area is 163 Å². The lowest BCUT2D eigenvalue weighted by Crippen LogP contribution is -2.45. The Morgan fingerprint density at radius 2 is 1.89 bits per heavy atom. The number of benzene rings is 2. The lowest BCUT2D eigenvalue weighted by Gasteiger charge is -2.36. The predicted octanol–water partition coefficient (Wildman–Crippen LogP) is 2.67. The predicted molar refractivity (Wildman–Crippen MR) is 105 cm³/mol. The van der Waals surface area contributed by atoms with Crippen LogP contribution < -0.4 is 19.4 Å². The number of hydrogen-bond donors (Lipinski definition) is 0. The molecule has 2 amide bonds. The van der Waals surface area contributed by atoms with Crippen molar-refractivity contribution in [2.75, 3.05) is 48.5 Å². The molecular formula is C21H22FN3O3. The summed E-state index contributed by atoms with van der Waals surface area (Å²) in [5.41, 5.74) is 2.03. The molecule has 1 saturated heterocycles. The molecule has 7 heteroatoms. The highest BCUT2D eigenvalue weighted by molar-refractivity contribution is 6.06. The first-order valence-electron chi connectivity index (χ1n) is 9.25. The molecule has 0 bridgehead atoms. The fourth-order valence-corrected chi connectivity index (χ4v) is 3.93. The third-order valence-corrected chi connectivity index (χ3v) is 5.41. The molecule has 2 aromatic rings. The standard InChI is InChI=1S/C21H22FN3O3/c1-23-9-10-24(18-12-15(22)7-8-16(18)23)21(27)14-11-20(26)25(13-14)17-5-3-4-6-19(17)28-2/h3-8,12,14H,9-11,13H2,1-2H3. The Hall–Kier alpha value is -3.09. The van der Waals surface area contributed by atoms with Gasteiger partial charge in [-0.15, -0.1) is 0 Å². The molecule has 1 atom stereocenters. The monoisotopic (exact) mass is 383 g/mol. The smallest absolute Gasteiger partial charge is 0.232 e. The van der Waals surface area contributed by atoms with Gasteiger partial charge >= 0.3 is 0 Å². The lowest BCUT2D eigenvalue weighted by molar-refractivity contribution is -0.124. The summed E-state index contributed by atoms with van der Waals surface area (Å²) in [6.07, 6.45) is 0.133. The molecule has 2 aliphatic rings. The normalized spacial score (nSPS) is 19.0. The van der Waals surface area contributed by atoms with Crippen molar-refractivity contribution in [3.8, 4) is 5.75 Å². The van der Waals surface area contributed by atoms with Gasteiger partial charge < -0.3 is 19.4 Å². The first kappa shape index (κ1) is 18.3. The largest absolute Gasteiger partial charge is 0.495 e. The summed E-state index contributed by atoms with van der Waals surface area (Å²) in [5.74, 6) is -0.528. The van der Waals surface area contributed by atoms with Crippen LogP contribution in [0.25, 0.3) is 0 Å². The molecule has 0 N–H and O–H groups in total. The van der Waals surface area contributed by atoms with Crippen LogP contribution >= 0.6 is 0 Å².